The highest BCUT2D eigenvalue weighted by molar-refractivity contribution is 5.92. The SMILES string of the molecule is Cn1c(C(C#N)=Cc2c(N3CCCCCC3)nc3ccccn3c2=O)nc2ccccc21. The molecule has 0 N–H and O–H groups in total. The van der Waals surface area contributed by atoms with Crippen LogP contribution in [-0.2, 0) is 7.05 Å². The van der Waals surface area contributed by atoms with Crippen LogP contribution in [0.3, 0.4) is 0 Å². The molecule has 1 fully saturated rings. The van der Waals surface area contributed by atoms with E-state index in [4.69, 9.17) is 4.98 Å². The van der Waals surface area contributed by atoms with Gasteiger partial charge in [0, 0.05) is 26.3 Å². The minimum atomic E-state index is -0.179. The van der Waals surface area contributed by atoms with Crippen LogP contribution in [0.1, 0.15) is 37.1 Å². The molecule has 0 spiro atoms. The van der Waals surface area contributed by atoms with Crippen LogP contribution in [0.15, 0.2) is 53.5 Å². The number of nitrogens with zero attached hydrogens (tertiary/aromatic N) is 6. The van der Waals surface area contributed by atoms with Crippen molar-refractivity contribution < 1.29 is 0 Å². The lowest BCUT2D eigenvalue weighted by atomic mass is 10.1. The Bertz CT molecular complexity index is 1430. The Morgan fingerprint density at radius 3 is 2.53 bits per heavy atom. The van der Waals surface area contributed by atoms with Gasteiger partial charge in [0.25, 0.3) is 5.56 Å². The van der Waals surface area contributed by atoms with Gasteiger partial charge in [0.1, 0.15) is 17.5 Å². The predicted molar refractivity (Wildman–Crippen MR) is 126 cm³/mol. The Balaban J connectivity index is 1.74. The molecule has 4 aromatic rings. The van der Waals surface area contributed by atoms with Crippen LogP contribution in [0.4, 0.5) is 5.82 Å². The maximum Gasteiger partial charge on any atom is 0.267 e. The smallest absolute Gasteiger partial charge is 0.267 e. The van der Waals surface area contributed by atoms with Gasteiger partial charge in [-0.05, 0) is 43.2 Å². The van der Waals surface area contributed by atoms with Gasteiger partial charge in [-0.25, -0.2) is 9.97 Å². The Hall–Kier alpha value is -3.92. The first-order valence-electron chi connectivity index (χ1n) is 11.0. The first-order chi connectivity index (χ1) is 15.7. The van der Waals surface area contributed by atoms with E-state index >= 15 is 0 Å². The molecule has 0 saturated carbocycles. The van der Waals surface area contributed by atoms with Crippen molar-refractivity contribution in [1.29, 1.82) is 5.26 Å². The fraction of sp³-hybridized carbons (Fsp3) is 0.280. The maximum absolute atomic E-state index is 13.5. The molecule has 5 rings (SSSR count). The van der Waals surface area contributed by atoms with E-state index in [1.165, 1.54) is 17.2 Å². The van der Waals surface area contributed by atoms with Crippen molar-refractivity contribution in [3.05, 3.63) is 70.4 Å². The molecule has 0 radical (unpaired) electrons. The zero-order valence-corrected chi connectivity index (χ0v) is 18.0. The summed E-state index contributed by atoms with van der Waals surface area (Å²) in [5.41, 5.74) is 2.95. The van der Waals surface area contributed by atoms with E-state index in [9.17, 15) is 10.1 Å². The third kappa shape index (κ3) is 3.44. The number of nitriles is 1. The van der Waals surface area contributed by atoms with E-state index in [1.54, 1.807) is 12.3 Å². The summed E-state index contributed by atoms with van der Waals surface area (Å²) in [5, 5.41) is 10.0. The van der Waals surface area contributed by atoms with Gasteiger partial charge in [0.15, 0.2) is 5.82 Å². The molecule has 0 atom stereocenters. The predicted octanol–water partition coefficient (Wildman–Crippen LogP) is 4.03. The fourth-order valence-electron chi connectivity index (χ4n) is 4.42. The number of aryl methyl sites for hydroxylation is 1. The number of para-hydroxylation sites is 2. The number of imidazole rings is 1. The molecule has 0 unspecified atom stereocenters. The van der Waals surface area contributed by atoms with Crippen LogP contribution in [0.25, 0.3) is 28.3 Å². The third-order valence-electron chi connectivity index (χ3n) is 6.09. The summed E-state index contributed by atoms with van der Waals surface area (Å²) < 4.78 is 3.43. The first-order valence-corrected chi connectivity index (χ1v) is 11.0. The van der Waals surface area contributed by atoms with Gasteiger partial charge in [-0.1, -0.05) is 31.0 Å². The van der Waals surface area contributed by atoms with Crippen molar-refractivity contribution in [2.45, 2.75) is 25.7 Å². The van der Waals surface area contributed by atoms with Crippen molar-refractivity contribution in [2.75, 3.05) is 18.0 Å². The minimum absolute atomic E-state index is 0.179. The lowest BCUT2D eigenvalue weighted by Crippen LogP contribution is -2.30. The summed E-state index contributed by atoms with van der Waals surface area (Å²) >= 11 is 0. The molecule has 32 heavy (non-hydrogen) atoms. The number of allylic oxidation sites excluding steroid dienone is 1. The van der Waals surface area contributed by atoms with E-state index < -0.39 is 0 Å². The standard InChI is InChI=1S/C25H24N6O/c1-29-21-11-5-4-10-20(21)27-23(29)18(17-26)16-19-24(30-13-7-2-3-8-14-30)28-22-12-6-9-15-31(22)25(19)32/h4-6,9-12,15-16H,2-3,7-8,13-14H2,1H3. The maximum atomic E-state index is 13.5. The Kier molecular flexibility index (Phi) is 5.20. The van der Waals surface area contributed by atoms with E-state index in [2.05, 4.69) is 16.0 Å². The lowest BCUT2D eigenvalue weighted by Gasteiger charge is -2.23. The molecule has 0 aliphatic carbocycles. The molecule has 0 amide bonds. The number of benzene rings is 1. The lowest BCUT2D eigenvalue weighted by molar-refractivity contribution is 0.726. The molecule has 4 heterocycles. The Morgan fingerprint density at radius 1 is 1.03 bits per heavy atom. The topological polar surface area (TPSA) is 79.2 Å². The zero-order valence-electron chi connectivity index (χ0n) is 18.0. The quantitative estimate of drug-likeness (QED) is 0.464. The summed E-state index contributed by atoms with van der Waals surface area (Å²) in [5.74, 6) is 1.18. The summed E-state index contributed by atoms with van der Waals surface area (Å²) in [6.07, 6.45) is 7.87. The molecule has 7 nitrogen and oxygen atoms in total. The number of hydrogen-bond donors (Lipinski definition) is 0. The van der Waals surface area contributed by atoms with Gasteiger partial charge in [0.05, 0.1) is 22.2 Å². The van der Waals surface area contributed by atoms with Crippen molar-refractivity contribution in [1.82, 2.24) is 18.9 Å². The van der Waals surface area contributed by atoms with Crippen molar-refractivity contribution in [3.63, 3.8) is 0 Å². The minimum Gasteiger partial charge on any atom is -0.356 e. The normalized spacial score (nSPS) is 15.1. The van der Waals surface area contributed by atoms with Crippen LogP contribution in [0.5, 0.6) is 0 Å². The van der Waals surface area contributed by atoms with Crippen LogP contribution in [0, 0.1) is 11.3 Å². The number of aromatic nitrogens is 4. The molecule has 1 aromatic carbocycles. The second kappa shape index (κ2) is 8.31. The molecule has 0 bridgehead atoms. The number of hydrogen-bond acceptors (Lipinski definition) is 5. The Morgan fingerprint density at radius 2 is 1.78 bits per heavy atom. The van der Waals surface area contributed by atoms with Crippen molar-refractivity contribution in [3.8, 4) is 6.07 Å². The molecule has 1 aliphatic rings. The van der Waals surface area contributed by atoms with Gasteiger partial charge in [-0.3, -0.25) is 9.20 Å². The highest BCUT2D eigenvalue weighted by atomic mass is 16.1. The molecule has 1 saturated heterocycles. The third-order valence-corrected chi connectivity index (χ3v) is 6.09. The van der Waals surface area contributed by atoms with Crippen LogP contribution >= 0.6 is 0 Å². The largest absolute Gasteiger partial charge is 0.356 e. The Labute approximate surface area is 185 Å². The van der Waals surface area contributed by atoms with E-state index in [0.717, 1.165) is 37.0 Å². The second-order valence-corrected chi connectivity index (χ2v) is 8.14. The monoisotopic (exact) mass is 424 g/mol. The fourth-order valence-corrected chi connectivity index (χ4v) is 4.42. The summed E-state index contributed by atoms with van der Waals surface area (Å²) in [7, 11) is 1.89. The molecule has 160 valence electrons. The summed E-state index contributed by atoms with van der Waals surface area (Å²) in [4.78, 5) is 25.2. The van der Waals surface area contributed by atoms with Gasteiger partial charge >= 0.3 is 0 Å². The summed E-state index contributed by atoms with van der Waals surface area (Å²) in [6, 6.07) is 15.6. The van der Waals surface area contributed by atoms with Gasteiger partial charge in [-0.2, -0.15) is 5.26 Å². The van der Waals surface area contributed by atoms with E-state index in [-0.39, 0.29) is 5.56 Å². The molecule has 1 aliphatic heterocycles. The van der Waals surface area contributed by atoms with Crippen molar-refractivity contribution in [2.24, 2.45) is 7.05 Å². The van der Waals surface area contributed by atoms with Crippen molar-refractivity contribution >= 4 is 34.1 Å². The number of anilines is 1. The van der Waals surface area contributed by atoms with Gasteiger partial charge < -0.3 is 9.47 Å². The van der Waals surface area contributed by atoms with Crippen LogP contribution in [-0.4, -0.2) is 32.0 Å². The first kappa shape index (κ1) is 20.0. The van der Waals surface area contributed by atoms with Crippen LogP contribution < -0.4 is 10.5 Å². The number of pyridine rings is 1. The average Bonchev–Trinajstić information content (AvgIpc) is 2.99. The highest BCUT2D eigenvalue weighted by Crippen LogP contribution is 2.26. The van der Waals surface area contributed by atoms with Crippen LogP contribution in [0.2, 0.25) is 0 Å². The number of fused-ring (bicyclic) bond motifs is 2. The van der Waals surface area contributed by atoms with Gasteiger partial charge in [0.2, 0.25) is 0 Å². The molecule has 3 aromatic heterocycles. The van der Waals surface area contributed by atoms with E-state index in [0.29, 0.717) is 28.4 Å². The van der Waals surface area contributed by atoms with Gasteiger partial charge in [-0.15, -0.1) is 0 Å². The highest BCUT2D eigenvalue weighted by Gasteiger charge is 2.20. The summed E-state index contributed by atoms with van der Waals surface area (Å²) in [6.45, 7) is 1.70. The molecular weight excluding hydrogens is 400 g/mol. The van der Waals surface area contributed by atoms with E-state index in [1.807, 2.05) is 54.1 Å². The second-order valence-electron chi connectivity index (χ2n) is 8.14. The zero-order chi connectivity index (χ0) is 22.1. The molecular formula is C25H24N6O. The molecule has 7 heteroatoms. The average molecular weight is 425 g/mol. The number of rotatable bonds is 3.